The fourth-order valence-electron chi connectivity index (χ4n) is 4.11. The number of hydrogen-bond donors (Lipinski definition) is 3. The van der Waals surface area contributed by atoms with Crippen LogP contribution in [0.4, 0.5) is 0 Å². The topological polar surface area (TPSA) is 170 Å². The number of likely N-dealkylation sites (tertiary alicyclic amines) is 1. The Bertz CT molecular complexity index is 1370. The molecule has 11 nitrogen and oxygen atoms in total. The summed E-state index contributed by atoms with van der Waals surface area (Å²) in [4.78, 5) is 33.9. The summed E-state index contributed by atoms with van der Waals surface area (Å²) in [6, 6.07) is 19.8. The highest BCUT2D eigenvalue weighted by molar-refractivity contribution is 5.90. The number of carboxylic acid groups (broad SMARTS) is 2. The zero-order valence-electron chi connectivity index (χ0n) is 22.3. The molecule has 3 N–H and O–H groups in total. The lowest BCUT2D eigenvalue weighted by molar-refractivity contribution is -0.134. The molecule has 2 aromatic carbocycles. The first-order valence-corrected chi connectivity index (χ1v) is 13.0. The van der Waals surface area contributed by atoms with Gasteiger partial charge in [-0.25, -0.2) is 9.59 Å². The first kappa shape index (κ1) is 30.5. The number of nitriles is 1. The highest BCUT2D eigenvalue weighted by Crippen LogP contribution is 2.21. The lowest BCUT2D eigenvalue weighted by atomic mass is 9.93. The van der Waals surface area contributed by atoms with E-state index in [0.29, 0.717) is 30.2 Å². The lowest BCUT2D eigenvalue weighted by Crippen LogP contribution is -2.34. The zero-order chi connectivity index (χ0) is 29.5. The van der Waals surface area contributed by atoms with Gasteiger partial charge in [0.2, 0.25) is 5.89 Å². The Kier molecular flexibility index (Phi) is 12.0. The molecule has 0 aliphatic carbocycles. The number of aliphatic carboxylic acids is 2. The van der Waals surface area contributed by atoms with Crippen LogP contribution >= 0.6 is 0 Å². The van der Waals surface area contributed by atoms with E-state index in [1.165, 1.54) is 5.56 Å². The van der Waals surface area contributed by atoms with Crippen molar-refractivity contribution in [1.82, 2.24) is 20.4 Å². The average Bonchev–Trinajstić information content (AvgIpc) is 3.46. The van der Waals surface area contributed by atoms with Crippen LogP contribution in [0.5, 0.6) is 0 Å². The molecule has 0 unspecified atom stereocenters. The van der Waals surface area contributed by atoms with Crippen molar-refractivity contribution in [3.8, 4) is 6.07 Å². The molecule has 4 rings (SSSR count). The number of nitrogens with one attached hydrogen (secondary N) is 1. The largest absolute Gasteiger partial charge is 0.478 e. The van der Waals surface area contributed by atoms with Crippen LogP contribution in [0, 0.1) is 17.2 Å². The van der Waals surface area contributed by atoms with Crippen LogP contribution < -0.4 is 5.32 Å². The van der Waals surface area contributed by atoms with Gasteiger partial charge >= 0.3 is 23.7 Å². The van der Waals surface area contributed by atoms with Gasteiger partial charge in [0.05, 0.1) is 11.6 Å². The summed E-state index contributed by atoms with van der Waals surface area (Å²) >= 11 is 0. The molecule has 1 aliphatic heterocycles. The van der Waals surface area contributed by atoms with Crippen molar-refractivity contribution >= 4 is 30.0 Å². The van der Waals surface area contributed by atoms with E-state index in [9.17, 15) is 14.4 Å². The summed E-state index contributed by atoms with van der Waals surface area (Å²) in [6.07, 6.45) is 7.80. The van der Waals surface area contributed by atoms with Crippen LogP contribution in [-0.2, 0) is 16.1 Å². The van der Waals surface area contributed by atoms with Crippen molar-refractivity contribution in [2.75, 3.05) is 19.6 Å². The number of benzene rings is 2. The normalized spacial score (nSPS) is 13.8. The van der Waals surface area contributed by atoms with Gasteiger partial charge in [0, 0.05) is 31.3 Å². The van der Waals surface area contributed by atoms with Gasteiger partial charge in [0.15, 0.2) is 0 Å². The van der Waals surface area contributed by atoms with Gasteiger partial charge in [-0.15, -0.1) is 10.2 Å². The van der Waals surface area contributed by atoms with Crippen LogP contribution in [0.2, 0.25) is 0 Å². The number of hydrogen-bond acceptors (Lipinski definition) is 8. The summed E-state index contributed by atoms with van der Waals surface area (Å²) in [5.41, 5.74) is 2.85. The van der Waals surface area contributed by atoms with E-state index in [-0.39, 0.29) is 17.7 Å². The molecule has 1 aliphatic rings. The van der Waals surface area contributed by atoms with Crippen LogP contribution in [-0.4, -0.2) is 62.8 Å². The molecule has 3 aromatic rings. The summed E-state index contributed by atoms with van der Waals surface area (Å²) in [7, 11) is 0. The average molecular weight is 558 g/mol. The van der Waals surface area contributed by atoms with Crippen molar-refractivity contribution in [2.24, 2.45) is 5.92 Å². The van der Waals surface area contributed by atoms with E-state index in [0.717, 1.165) is 44.5 Å². The molecule has 0 radical (unpaired) electrons. The maximum Gasteiger partial charge on any atom is 0.328 e. The molecule has 212 valence electrons. The summed E-state index contributed by atoms with van der Waals surface area (Å²) in [5.74, 6) is -2.02. The van der Waals surface area contributed by atoms with Crippen molar-refractivity contribution in [3.05, 3.63) is 95.2 Å². The fourth-order valence-corrected chi connectivity index (χ4v) is 4.11. The molecule has 0 atom stereocenters. The predicted octanol–water partition coefficient (Wildman–Crippen LogP) is 3.86. The Balaban J connectivity index is 0.000000507. The smallest absolute Gasteiger partial charge is 0.328 e. The number of amides is 1. The first-order valence-electron chi connectivity index (χ1n) is 13.0. The van der Waals surface area contributed by atoms with E-state index in [2.05, 4.69) is 50.7 Å². The third-order valence-corrected chi connectivity index (χ3v) is 6.26. The summed E-state index contributed by atoms with van der Waals surface area (Å²) in [5, 5.41) is 35.1. The number of rotatable bonds is 10. The standard InChI is InChI=1S/C26H27N5O2.C4H4O4/c27-18-22-8-6-20(7-9-22)10-11-24-29-30-26(33-24)25(32)28-15-12-21-13-16-31(17-14-21)19-23-4-2-1-3-5-23;5-3(6)1-2-4(7)8/h1-11,21H,12-17,19H2,(H,28,32);1-2H,(H,5,6)(H,7,8)/b11-10+;2-1+. The van der Waals surface area contributed by atoms with Crippen molar-refractivity contribution in [3.63, 3.8) is 0 Å². The van der Waals surface area contributed by atoms with E-state index < -0.39 is 11.9 Å². The quantitative estimate of drug-likeness (QED) is 0.311. The number of aromatic nitrogens is 2. The van der Waals surface area contributed by atoms with Gasteiger partial charge in [0.1, 0.15) is 0 Å². The van der Waals surface area contributed by atoms with Crippen LogP contribution in [0.15, 0.2) is 71.2 Å². The van der Waals surface area contributed by atoms with Gasteiger partial charge in [-0.2, -0.15) is 5.26 Å². The summed E-state index contributed by atoms with van der Waals surface area (Å²) < 4.78 is 5.45. The predicted molar refractivity (Wildman–Crippen MR) is 150 cm³/mol. The molecular weight excluding hydrogens is 526 g/mol. The first-order chi connectivity index (χ1) is 19.8. The van der Waals surface area contributed by atoms with Crippen molar-refractivity contribution in [2.45, 2.75) is 25.8 Å². The Morgan fingerprint density at radius 1 is 0.976 bits per heavy atom. The molecule has 1 amide bonds. The zero-order valence-corrected chi connectivity index (χ0v) is 22.3. The molecule has 0 bridgehead atoms. The lowest BCUT2D eigenvalue weighted by Gasteiger charge is -2.32. The van der Waals surface area contributed by atoms with E-state index in [1.54, 1.807) is 24.3 Å². The van der Waals surface area contributed by atoms with Gasteiger partial charge in [-0.05, 0) is 67.6 Å². The maximum absolute atomic E-state index is 12.3. The van der Waals surface area contributed by atoms with E-state index in [1.807, 2.05) is 18.2 Å². The number of nitrogens with zero attached hydrogens (tertiary/aromatic N) is 4. The van der Waals surface area contributed by atoms with Crippen molar-refractivity contribution < 1.29 is 29.0 Å². The number of piperidine rings is 1. The minimum Gasteiger partial charge on any atom is -0.478 e. The highest BCUT2D eigenvalue weighted by atomic mass is 16.4. The molecule has 0 saturated carbocycles. The van der Waals surface area contributed by atoms with Crippen molar-refractivity contribution in [1.29, 1.82) is 5.26 Å². The second kappa shape index (κ2) is 16.1. The third kappa shape index (κ3) is 11.3. The molecule has 11 heteroatoms. The van der Waals surface area contributed by atoms with Gasteiger partial charge in [-0.3, -0.25) is 9.69 Å². The number of carbonyl (C=O) groups excluding carboxylic acids is 1. The second-order valence-electron chi connectivity index (χ2n) is 9.27. The minimum absolute atomic E-state index is 0.0350. The fraction of sp³-hybridized carbons (Fsp3) is 0.267. The number of carbonyl (C=O) groups is 3. The summed E-state index contributed by atoms with van der Waals surface area (Å²) in [6.45, 7) is 3.78. The monoisotopic (exact) mass is 557 g/mol. The second-order valence-corrected chi connectivity index (χ2v) is 9.27. The Morgan fingerprint density at radius 3 is 2.24 bits per heavy atom. The highest BCUT2D eigenvalue weighted by Gasteiger charge is 2.20. The molecule has 1 fully saturated rings. The molecule has 1 saturated heterocycles. The Morgan fingerprint density at radius 2 is 1.63 bits per heavy atom. The molecule has 0 spiro atoms. The molecule has 2 heterocycles. The third-order valence-electron chi connectivity index (χ3n) is 6.26. The van der Waals surface area contributed by atoms with Gasteiger partial charge < -0.3 is 19.9 Å². The molecule has 41 heavy (non-hydrogen) atoms. The minimum atomic E-state index is -1.26. The molecule has 1 aromatic heterocycles. The van der Waals surface area contributed by atoms with Gasteiger partial charge in [0.25, 0.3) is 0 Å². The van der Waals surface area contributed by atoms with E-state index >= 15 is 0 Å². The molecular formula is C30H31N5O6. The number of carboxylic acids is 2. The van der Waals surface area contributed by atoms with Crippen LogP contribution in [0.1, 0.15) is 52.5 Å². The maximum atomic E-state index is 12.3. The van der Waals surface area contributed by atoms with E-state index in [4.69, 9.17) is 19.9 Å². The SMILES string of the molecule is N#Cc1ccc(/C=C/c2nnc(C(=O)NCCC3CCN(Cc4ccccc4)CC3)o2)cc1.O=C(O)/C=C/C(=O)O. The Hall–Kier alpha value is -5.08. The van der Waals surface area contributed by atoms with Crippen LogP contribution in [0.3, 0.4) is 0 Å². The van der Waals surface area contributed by atoms with Gasteiger partial charge in [-0.1, -0.05) is 42.5 Å². The Labute approximate surface area is 237 Å². The van der Waals surface area contributed by atoms with Crippen LogP contribution in [0.25, 0.3) is 12.2 Å².